The minimum absolute atomic E-state index is 0.132. The molecule has 0 aromatic carbocycles. The molecule has 0 aromatic rings. The fourth-order valence-electron chi connectivity index (χ4n) is 6.43. The van der Waals surface area contributed by atoms with Gasteiger partial charge in [-0.3, -0.25) is 4.79 Å². The molecule has 1 heterocycles. The number of carbonyl (C=O) groups excluding carboxylic acids is 3. The van der Waals surface area contributed by atoms with E-state index in [2.05, 4.69) is 5.32 Å². The van der Waals surface area contributed by atoms with Gasteiger partial charge in [0.05, 0.1) is 11.0 Å². The second kappa shape index (κ2) is 7.02. The number of likely N-dealkylation sites (tertiary alicyclic amines) is 1. The Balaban J connectivity index is 1.34. The van der Waals surface area contributed by atoms with Gasteiger partial charge in [0.2, 0.25) is 5.91 Å². The van der Waals surface area contributed by atoms with Crippen molar-refractivity contribution in [1.82, 2.24) is 10.2 Å². The summed E-state index contributed by atoms with van der Waals surface area (Å²) in [6.07, 6.45) is 4.13. The Morgan fingerprint density at radius 2 is 1.73 bits per heavy atom. The Morgan fingerprint density at radius 1 is 1.10 bits per heavy atom. The molecule has 1 saturated heterocycles. The molecule has 168 valence electrons. The number of rotatable bonds is 3. The predicted octanol–water partition coefficient (Wildman–Crippen LogP) is 2.79. The number of primary amides is 1. The second-order valence-corrected chi connectivity index (χ2v) is 11.3. The zero-order valence-corrected chi connectivity index (χ0v) is 18.5. The summed E-state index contributed by atoms with van der Waals surface area (Å²) in [6.45, 7) is 8.30. The highest BCUT2D eigenvalue weighted by Crippen LogP contribution is 2.60. The van der Waals surface area contributed by atoms with Crippen LogP contribution in [0.15, 0.2) is 0 Å². The minimum atomic E-state index is -0.570. The zero-order valence-electron chi connectivity index (χ0n) is 18.5. The molecular weight excluding hydrogens is 386 g/mol. The molecule has 1 aliphatic heterocycles. The molecule has 4 aliphatic carbocycles. The first kappa shape index (κ1) is 21.2. The van der Waals surface area contributed by atoms with Crippen molar-refractivity contribution >= 4 is 18.1 Å². The molecule has 3 amide bonds. The summed E-state index contributed by atoms with van der Waals surface area (Å²) < 4.78 is 11.4. The van der Waals surface area contributed by atoms with Gasteiger partial charge in [-0.25, -0.2) is 9.59 Å². The number of carbonyl (C=O) groups is 3. The lowest BCUT2D eigenvalue weighted by Crippen LogP contribution is -2.59. The predicted molar refractivity (Wildman–Crippen MR) is 109 cm³/mol. The molecule has 0 aromatic heterocycles. The van der Waals surface area contributed by atoms with Gasteiger partial charge in [0.25, 0.3) is 0 Å². The van der Waals surface area contributed by atoms with Crippen LogP contribution in [0.1, 0.15) is 66.2 Å². The van der Waals surface area contributed by atoms with Gasteiger partial charge >= 0.3 is 12.2 Å². The number of nitrogens with zero attached hydrogens (tertiary/aromatic N) is 1. The normalized spacial score (nSPS) is 39.7. The number of hydrogen-bond acceptors (Lipinski definition) is 5. The van der Waals surface area contributed by atoms with Gasteiger partial charge in [-0.2, -0.15) is 0 Å². The lowest BCUT2D eigenvalue weighted by molar-refractivity contribution is -0.161. The Hall–Kier alpha value is -1.99. The summed E-state index contributed by atoms with van der Waals surface area (Å²) >= 11 is 0. The quantitative estimate of drug-likeness (QED) is 0.728. The van der Waals surface area contributed by atoms with Gasteiger partial charge in [0, 0.05) is 13.1 Å². The Bertz CT molecular complexity index is 732. The van der Waals surface area contributed by atoms with Crippen LogP contribution in [0.2, 0.25) is 0 Å². The molecule has 8 nitrogen and oxygen atoms in total. The lowest BCUT2D eigenvalue weighted by atomic mass is 9.48. The van der Waals surface area contributed by atoms with Crippen molar-refractivity contribution in [3.63, 3.8) is 0 Å². The van der Waals surface area contributed by atoms with Crippen molar-refractivity contribution in [2.75, 3.05) is 13.1 Å². The molecule has 4 bridgehead atoms. The van der Waals surface area contributed by atoms with Gasteiger partial charge in [-0.1, -0.05) is 0 Å². The first-order chi connectivity index (χ1) is 13.9. The summed E-state index contributed by atoms with van der Waals surface area (Å²) in [4.78, 5) is 38.9. The van der Waals surface area contributed by atoms with Gasteiger partial charge in [-0.05, 0) is 84.0 Å². The number of ether oxygens (including phenoxy) is 2. The summed E-state index contributed by atoms with van der Waals surface area (Å²) in [5, 5.41) is 2.91. The first-order valence-corrected chi connectivity index (χ1v) is 11.1. The first-order valence-electron chi connectivity index (χ1n) is 11.1. The maximum atomic E-state index is 12.9. The topological polar surface area (TPSA) is 111 Å². The van der Waals surface area contributed by atoms with Crippen molar-refractivity contribution in [1.29, 1.82) is 0 Å². The minimum Gasteiger partial charge on any atom is -0.446 e. The van der Waals surface area contributed by atoms with Crippen LogP contribution in [0.25, 0.3) is 0 Å². The van der Waals surface area contributed by atoms with E-state index in [-0.39, 0.29) is 35.4 Å². The average molecular weight is 422 g/mol. The van der Waals surface area contributed by atoms with Crippen LogP contribution >= 0.6 is 0 Å². The van der Waals surface area contributed by atoms with Crippen molar-refractivity contribution in [3.8, 4) is 0 Å². The SMILES string of the molecule is CC1(NC(=O)OC(C)(C)C)CCN(C(=O)OC2[C@@H]3CC4C[C@@H]2CC(C(N)=O)(C4)C3)C1. The van der Waals surface area contributed by atoms with E-state index in [1.807, 2.05) is 27.7 Å². The van der Waals surface area contributed by atoms with Crippen molar-refractivity contribution in [2.24, 2.45) is 28.9 Å². The third kappa shape index (κ3) is 3.97. The second-order valence-electron chi connectivity index (χ2n) is 11.3. The summed E-state index contributed by atoms with van der Waals surface area (Å²) in [7, 11) is 0. The average Bonchev–Trinajstić information content (AvgIpc) is 2.97. The molecule has 0 radical (unpaired) electrons. The number of hydrogen-bond donors (Lipinski definition) is 2. The fraction of sp³-hybridized carbons (Fsp3) is 0.864. The molecule has 5 fully saturated rings. The third-order valence-electron chi connectivity index (χ3n) is 7.48. The Labute approximate surface area is 178 Å². The highest BCUT2D eigenvalue weighted by Gasteiger charge is 2.59. The zero-order chi connectivity index (χ0) is 21.9. The van der Waals surface area contributed by atoms with E-state index < -0.39 is 17.2 Å². The Morgan fingerprint density at radius 3 is 2.30 bits per heavy atom. The maximum absolute atomic E-state index is 12.9. The van der Waals surface area contributed by atoms with Crippen molar-refractivity contribution in [3.05, 3.63) is 0 Å². The molecule has 0 spiro atoms. The van der Waals surface area contributed by atoms with E-state index in [1.54, 1.807) is 4.90 Å². The van der Waals surface area contributed by atoms with Crippen molar-refractivity contribution < 1.29 is 23.9 Å². The highest BCUT2D eigenvalue weighted by molar-refractivity contribution is 5.81. The van der Waals surface area contributed by atoms with Crippen LogP contribution in [0, 0.1) is 23.2 Å². The van der Waals surface area contributed by atoms with Gasteiger partial charge < -0.3 is 25.4 Å². The smallest absolute Gasteiger partial charge is 0.410 e. The third-order valence-corrected chi connectivity index (χ3v) is 7.48. The highest BCUT2D eigenvalue weighted by atomic mass is 16.6. The molecule has 1 unspecified atom stereocenters. The van der Waals surface area contributed by atoms with Gasteiger partial charge in [0.1, 0.15) is 11.7 Å². The Kier molecular flexibility index (Phi) is 4.97. The van der Waals surface area contributed by atoms with Crippen LogP contribution in [0.3, 0.4) is 0 Å². The standard InChI is InChI=1S/C22H35N3O5/c1-20(2,3)30-18(27)24-21(4)5-6-25(12-21)19(28)29-16-14-7-13-8-15(16)11-22(9-13,10-14)17(23)26/h13-16H,5-12H2,1-4H3,(H2,23,26)(H,24,27)/t13?,14-,15-,16?,21?,22?/m1/s1. The van der Waals surface area contributed by atoms with Crippen LogP contribution in [-0.2, 0) is 14.3 Å². The summed E-state index contributed by atoms with van der Waals surface area (Å²) in [5.41, 5.74) is 4.25. The van der Waals surface area contributed by atoms with E-state index in [1.165, 1.54) is 0 Å². The number of amides is 3. The molecular formula is C22H35N3O5. The van der Waals surface area contributed by atoms with Gasteiger partial charge in [0.15, 0.2) is 0 Å². The number of alkyl carbamates (subject to hydrolysis) is 1. The maximum Gasteiger partial charge on any atom is 0.410 e. The van der Waals surface area contributed by atoms with E-state index >= 15 is 0 Å². The van der Waals surface area contributed by atoms with Crippen molar-refractivity contribution in [2.45, 2.75) is 83.5 Å². The molecule has 4 saturated carbocycles. The summed E-state index contributed by atoms with van der Waals surface area (Å²) in [5.74, 6) is 0.788. The number of nitrogens with one attached hydrogen (secondary N) is 1. The molecule has 30 heavy (non-hydrogen) atoms. The molecule has 3 atom stereocenters. The largest absolute Gasteiger partial charge is 0.446 e. The van der Waals surface area contributed by atoms with Crippen LogP contribution in [-0.4, -0.2) is 53.3 Å². The van der Waals surface area contributed by atoms with Crippen LogP contribution in [0.5, 0.6) is 0 Å². The molecule has 5 aliphatic rings. The molecule has 5 rings (SSSR count). The van der Waals surface area contributed by atoms with Gasteiger partial charge in [-0.15, -0.1) is 0 Å². The van der Waals surface area contributed by atoms with E-state index in [4.69, 9.17) is 15.2 Å². The lowest BCUT2D eigenvalue weighted by Gasteiger charge is -2.58. The monoisotopic (exact) mass is 421 g/mol. The fourth-order valence-corrected chi connectivity index (χ4v) is 6.43. The molecule has 8 heteroatoms. The number of nitrogens with two attached hydrogens (primary N) is 1. The molecule has 3 N–H and O–H groups in total. The van der Waals surface area contributed by atoms with E-state index in [0.717, 1.165) is 32.1 Å². The van der Waals surface area contributed by atoms with Crippen LogP contribution in [0.4, 0.5) is 9.59 Å². The van der Waals surface area contributed by atoms with Crippen LogP contribution < -0.4 is 11.1 Å². The van der Waals surface area contributed by atoms with E-state index in [0.29, 0.717) is 25.4 Å². The van der Waals surface area contributed by atoms with E-state index in [9.17, 15) is 14.4 Å². The summed E-state index contributed by atoms with van der Waals surface area (Å²) in [6, 6.07) is 0.